The number of nitrogens with zero attached hydrogens (tertiary/aromatic N) is 2. The van der Waals surface area contributed by atoms with E-state index in [4.69, 9.17) is 4.74 Å². The molecule has 0 radical (unpaired) electrons. The number of carbonyl (C=O) groups is 1. The van der Waals surface area contributed by atoms with Gasteiger partial charge in [-0.2, -0.15) is 0 Å². The van der Waals surface area contributed by atoms with Gasteiger partial charge < -0.3 is 10.1 Å². The summed E-state index contributed by atoms with van der Waals surface area (Å²) in [5.41, 5.74) is 1.24. The van der Waals surface area contributed by atoms with Crippen LogP contribution in [0.4, 0.5) is 0 Å². The van der Waals surface area contributed by atoms with Crippen LogP contribution in [-0.2, 0) is 16.6 Å². The molecule has 0 bridgehead atoms. The highest BCUT2D eigenvalue weighted by Crippen LogP contribution is 2.20. The van der Waals surface area contributed by atoms with Gasteiger partial charge in [0.15, 0.2) is 0 Å². The molecule has 0 aliphatic carbocycles. The number of aromatic nitrogens is 1. The lowest BCUT2D eigenvalue weighted by Crippen LogP contribution is -2.24. The molecule has 3 aromatic rings. The van der Waals surface area contributed by atoms with Crippen molar-refractivity contribution in [1.29, 1.82) is 0 Å². The first-order valence-corrected chi connectivity index (χ1v) is 10.3. The Labute approximate surface area is 170 Å². The molecule has 0 atom stereocenters. The fourth-order valence-corrected chi connectivity index (χ4v) is 3.42. The van der Waals surface area contributed by atoms with Gasteiger partial charge in [-0.1, -0.05) is 18.2 Å². The monoisotopic (exact) mass is 411 g/mol. The molecule has 0 saturated heterocycles. The van der Waals surface area contributed by atoms with Gasteiger partial charge >= 0.3 is 0 Å². The van der Waals surface area contributed by atoms with Gasteiger partial charge in [-0.05, 0) is 48.0 Å². The van der Waals surface area contributed by atoms with Crippen molar-refractivity contribution in [1.82, 2.24) is 14.6 Å². The fraction of sp³-hybridized carbons (Fsp3) is 0.143. The summed E-state index contributed by atoms with van der Waals surface area (Å²) in [5.74, 6) is 0.810. The summed E-state index contributed by atoms with van der Waals surface area (Å²) in [7, 11) is -0.603. The van der Waals surface area contributed by atoms with E-state index in [0.717, 1.165) is 9.87 Å². The molecule has 1 heterocycles. The Hall–Kier alpha value is -3.23. The lowest BCUT2D eigenvalue weighted by Gasteiger charge is -2.12. The predicted octanol–water partition coefficient (Wildman–Crippen LogP) is 3.05. The van der Waals surface area contributed by atoms with Crippen LogP contribution in [0.3, 0.4) is 0 Å². The van der Waals surface area contributed by atoms with Crippen LogP contribution < -0.4 is 10.1 Å². The Morgan fingerprint density at radius 3 is 2.45 bits per heavy atom. The molecule has 2 aromatic carbocycles. The topological polar surface area (TPSA) is 88.6 Å². The van der Waals surface area contributed by atoms with Crippen molar-refractivity contribution in [3.05, 3.63) is 84.1 Å². The summed E-state index contributed by atoms with van der Waals surface area (Å²) in [4.78, 5) is 16.6. The number of carbonyl (C=O) groups excluding carboxylic acids is 1. The average Bonchev–Trinajstić information content (AvgIpc) is 2.73. The van der Waals surface area contributed by atoms with E-state index < -0.39 is 10.0 Å². The zero-order chi connectivity index (χ0) is 20.9. The SMILES string of the molecule is CN(C)S(=O)(=O)c1ccc(C(=O)NCc2cccc(Oc3ccccn3)c2)cc1. The highest BCUT2D eigenvalue weighted by molar-refractivity contribution is 7.89. The van der Waals surface area contributed by atoms with Crippen LogP contribution in [0.5, 0.6) is 11.6 Å². The molecule has 0 aliphatic heterocycles. The van der Waals surface area contributed by atoms with Crippen molar-refractivity contribution in [2.24, 2.45) is 0 Å². The quantitative estimate of drug-likeness (QED) is 0.646. The molecule has 0 fully saturated rings. The second kappa shape index (κ2) is 8.85. The molecule has 1 N–H and O–H groups in total. The van der Waals surface area contributed by atoms with E-state index >= 15 is 0 Å². The van der Waals surface area contributed by atoms with Gasteiger partial charge in [-0.15, -0.1) is 0 Å². The standard InChI is InChI=1S/C21H21N3O4S/c1-24(2)29(26,27)19-11-9-17(10-12-19)21(25)23-15-16-6-5-7-18(14-16)28-20-8-3-4-13-22-20/h3-14H,15H2,1-2H3,(H,23,25). The number of amides is 1. The van der Waals surface area contributed by atoms with E-state index in [1.165, 1.54) is 38.4 Å². The van der Waals surface area contributed by atoms with Crippen LogP contribution in [0.1, 0.15) is 15.9 Å². The lowest BCUT2D eigenvalue weighted by atomic mass is 10.2. The molecule has 0 saturated carbocycles. The van der Waals surface area contributed by atoms with Gasteiger partial charge in [0.1, 0.15) is 5.75 Å². The van der Waals surface area contributed by atoms with Crippen LogP contribution in [0.2, 0.25) is 0 Å². The van der Waals surface area contributed by atoms with E-state index in [9.17, 15) is 13.2 Å². The molecule has 1 amide bonds. The van der Waals surface area contributed by atoms with E-state index in [2.05, 4.69) is 10.3 Å². The smallest absolute Gasteiger partial charge is 0.251 e. The first kappa shape index (κ1) is 20.5. The maximum atomic E-state index is 12.4. The maximum absolute atomic E-state index is 12.4. The highest BCUT2D eigenvalue weighted by Gasteiger charge is 2.17. The Morgan fingerprint density at radius 1 is 1.03 bits per heavy atom. The molecule has 8 heteroatoms. The number of hydrogen-bond acceptors (Lipinski definition) is 5. The van der Waals surface area contributed by atoms with Crippen molar-refractivity contribution in [2.45, 2.75) is 11.4 Å². The molecule has 0 spiro atoms. The Kier molecular flexibility index (Phi) is 6.26. The van der Waals surface area contributed by atoms with E-state index in [0.29, 0.717) is 23.7 Å². The van der Waals surface area contributed by atoms with E-state index in [1.54, 1.807) is 18.3 Å². The lowest BCUT2D eigenvalue weighted by molar-refractivity contribution is 0.0950. The molecule has 7 nitrogen and oxygen atoms in total. The van der Waals surface area contributed by atoms with Crippen LogP contribution >= 0.6 is 0 Å². The minimum Gasteiger partial charge on any atom is -0.439 e. The zero-order valence-corrected chi connectivity index (χ0v) is 16.9. The van der Waals surface area contributed by atoms with Crippen molar-refractivity contribution < 1.29 is 17.9 Å². The fourth-order valence-electron chi connectivity index (χ4n) is 2.52. The summed E-state index contributed by atoms with van der Waals surface area (Å²) in [6.07, 6.45) is 1.65. The van der Waals surface area contributed by atoms with Gasteiger partial charge in [-0.25, -0.2) is 17.7 Å². The number of benzene rings is 2. The first-order chi connectivity index (χ1) is 13.9. The number of hydrogen-bond donors (Lipinski definition) is 1. The molecule has 0 aliphatic rings. The van der Waals surface area contributed by atoms with Crippen molar-refractivity contribution >= 4 is 15.9 Å². The third kappa shape index (κ3) is 5.18. The van der Waals surface area contributed by atoms with Gasteiger partial charge in [0, 0.05) is 38.5 Å². The van der Waals surface area contributed by atoms with Crippen LogP contribution in [-0.4, -0.2) is 37.7 Å². The van der Waals surface area contributed by atoms with Crippen molar-refractivity contribution in [2.75, 3.05) is 14.1 Å². The molecule has 29 heavy (non-hydrogen) atoms. The van der Waals surface area contributed by atoms with E-state index in [-0.39, 0.29) is 10.8 Å². The number of sulfonamides is 1. The van der Waals surface area contributed by atoms with Gasteiger partial charge in [0.2, 0.25) is 15.9 Å². The largest absolute Gasteiger partial charge is 0.439 e. The second-order valence-corrected chi connectivity index (χ2v) is 8.56. The van der Waals surface area contributed by atoms with Crippen molar-refractivity contribution in [3.8, 4) is 11.6 Å². The number of rotatable bonds is 7. The summed E-state index contributed by atoms with van der Waals surface area (Å²) < 4.78 is 31.0. The van der Waals surface area contributed by atoms with Crippen LogP contribution in [0, 0.1) is 0 Å². The predicted molar refractivity (Wildman–Crippen MR) is 109 cm³/mol. The summed E-state index contributed by atoms with van der Waals surface area (Å²) in [5, 5.41) is 2.82. The Bertz CT molecular complexity index is 1080. The Balaban J connectivity index is 1.63. The van der Waals surface area contributed by atoms with Gasteiger partial charge in [0.05, 0.1) is 4.90 Å². The summed E-state index contributed by atoms with van der Waals surface area (Å²) in [6.45, 7) is 0.302. The molecular weight excluding hydrogens is 390 g/mol. The molecule has 0 unspecified atom stereocenters. The molecular formula is C21H21N3O4S. The number of ether oxygens (including phenoxy) is 1. The van der Waals surface area contributed by atoms with Crippen LogP contribution in [0.25, 0.3) is 0 Å². The molecule has 150 valence electrons. The zero-order valence-electron chi connectivity index (χ0n) is 16.1. The van der Waals surface area contributed by atoms with Crippen molar-refractivity contribution in [3.63, 3.8) is 0 Å². The molecule has 1 aromatic heterocycles. The third-order valence-electron chi connectivity index (χ3n) is 4.11. The van der Waals surface area contributed by atoms with Crippen LogP contribution in [0.15, 0.2) is 77.8 Å². The highest BCUT2D eigenvalue weighted by atomic mass is 32.2. The van der Waals surface area contributed by atoms with Gasteiger partial charge in [-0.3, -0.25) is 4.79 Å². The molecule has 3 rings (SSSR count). The third-order valence-corrected chi connectivity index (χ3v) is 5.94. The Morgan fingerprint density at radius 2 is 1.79 bits per heavy atom. The number of nitrogens with one attached hydrogen (secondary N) is 1. The summed E-state index contributed by atoms with van der Waals surface area (Å²) in [6, 6.07) is 18.6. The normalized spacial score (nSPS) is 11.3. The van der Waals surface area contributed by atoms with Gasteiger partial charge in [0.25, 0.3) is 5.91 Å². The average molecular weight is 411 g/mol. The summed E-state index contributed by atoms with van der Waals surface area (Å²) >= 11 is 0. The maximum Gasteiger partial charge on any atom is 0.251 e. The minimum atomic E-state index is -3.52. The second-order valence-electron chi connectivity index (χ2n) is 6.41. The first-order valence-electron chi connectivity index (χ1n) is 8.85. The van der Waals surface area contributed by atoms with E-state index in [1.807, 2.05) is 30.3 Å². The minimum absolute atomic E-state index is 0.137. The number of pyridine rings is 1.